The largest absolute Gasteiger partial charge is 0.339 e. The summed E-state index contributed by atoms with van der Waals surface area (Å²) in [6, 6.07) is 5.63. The maximum absolute atomic E-state index is 5.98. The van der Waals surface area contributed by atoms with E-state index in [4.69, 9.17) is 16.1 Å². The first kappa shape index (κ1) is 9.21. The van der Waals surface area contributed by atoms with Crippen LogP contribution in [-0.4, -0.2) is 10.1 Å². The smallest absolute Gasteiger partial charge is 0.223 e. The SMILES string of the molecule is Cc1nc(-c2cccc(Cl)c2C)no1. The lowest BCUT2D eigenvalue weighted by Gasteiger charge is -2.01. The van der Waals surface area contributed by atoms with E-state index in [0.29, 0.717) is 16.7 Å². The highest BCUT2D eigenvalue weighted by molar-refractivity contribution is 6.31. The van der Waals surface area contributed by atoms with Crippen molar-refractivity contribution >= 4 is 11.6 Å². The second-order valence-electron chi connectivity index (χ2n) is 3.05. The Hall–Kier alpha value is -1.35. The monoisotopic (exact) mass is 208 g/mol. The van der Waals surface area contributed by atoms with E-state index in [2.05, 4.69) is 10.1 Å². The zero-order chi connectivity index (χ0) is 10.1. The summed E-state index contributed by atoms with van der Waals surface area (Å²) in [7, 11) is 0. The molecule has 0 bridgehead atoms. The van der Waals surface area contributed by atoms with Crippen molar-refractivity contribution < 1.29 is 4.52 Å². The Labute approximate surface area is 86.7 Å². The Morgan fingerprint density at radius 2 is 2.07 bits per heavy atom. The van der Waals surface area contributed by atoms with E-state index in [1.165, 1.54) is 0 Å². The molecular formula is C10H9ClN2O. The molecule has 1 heterocycles. The fourth-order valence-electron chi connectivity index (χ4n) is 1.26. The van der Waals surface area contributed by atoms with Crippen LogP contribution in [0.3, 0.4) is 0 Å². The van der Waals surface area contributed by atoms with Crippen LogP contribution in [0.2, 0.25) is 5.02 Å². The number of hydrogen-bond acceptors (Lipinski definition) is 3. The Morgan fingerprint density at radius 1 is 1.29 bits per heavy atom. The van der Waals surface area contributed by atoms with Gasteiger partial charge in [0.05, 0.1) is 0 Å². The van der Waals surface area contributed by atoms with Gasteiger partial charge in [0, 0.05) is 17.5 Å². The first-order valence-corrected chi connectivity index (χ1v) is 4.62. The molecule has 1 aromatic heterocycles. The quantitative estimate of drug-likeness (QED) is 0.723. The normalized spacial score (nSPS) is 10.5. The highest BCUT2D eigenvalue weighted by atomic mass is 35.5. The molecule has 4 heteroatoms. The van der Waals surface area contributed by atoms with Gasteiger partial charge >= 0.3 is 0 Å². The standard InChI is InChI=1S/C10H9ClN2O/c1-6-8(4-3-5-9(6)11)10-12-7(2)14-13-10/h3-5H,1-2H3. The third kappa shape index (κ3) is 1.51. The van der Waals surface area contributed by atoms with Gasteiger partial charge in [-0.15, -0.1) is 0 Å². The molecule has 1 aromatic carbocycles. The predicted octanol–water partition coefficient (Wildman–Crippen LogP) is 3.01. The predicted molar refractivity (Wildman–Crippen MR) is 54.2 cm³/mol. The molecule has 0 aliphatic heterocycles. The molecule has 0 aliphatic rings. The molecule has 0 fully saturated rings. The number of aromatic nitrogens is 2. The number of halogens is 1. The van der Waals surface area contributed by atoms with Crippen LogP contribution in [0.15, 0.2) is 22.7 Å². The van der Waals surface area contributed by atoms with Crippen LogP contribution in [0.4, 0.5) is 0 Å². The highest BCUT2D eigenvalue weighted by Crippen LogP contribution is 2.25. The third-order valence-corrected chi connectivity index (χ3v) is 2.45. The number of benzene rings is 1. The van der Waals surface area contributed by atoms with Gasteiger partial charge in [0.2, 0.25) is 11.7 Å². The van der Waals surface area contributed by atoms with Gasteiger partial charge in [-0.3, -0.25) is 0 Å². The summed E-state index contributed by atoms with van der Waals surface area (Å²) >= 11 is 5.98. The van der Waals surface area contributed by atoms with Gasteiger partial charge < -0.3 is 4.52 Å². The fraction of sp³-hybridized carbons (Fsp3) is 0.200. The summed E-state index contributed by atoms with van der Waals surface area (Å²) in [6.45, 7) is 3.69. The highest BCUT2D eigenvalue weighted by Gasteiger charge is 2.09. The molecular weight excluding hydrogens is 200 g/mol. The number of aryl methyl sites for hydroxylation is 1. The second-order valence-corrected chi connectivity index (χ2v) is 3.46. The van der Waals surface area contributed by atoms with Gasteiger partial charge in [-0.05, 0) is 18.6 Å². The van der Waals surface area contributed by atoms with Crippen LogP contribution >= 0.6 is 11.6 Å². The first-order chi connectivity index (χ1) is 6.68. The summed E-state index contributed by atoms with van der Waals surface area (Å²) in [5.41, 5.74) is 1.88. The third-order valence-electron chi connectivity index (χ3n) is 2.04. The molecule has 0 aliphatic carbocycles. The minimum Gasteiger partial charge on any atom is -0.339 e. The Balaban J connectivity index is 2.57. The fourth-order valence-corrected chi connectivity index (χ4v) is 1.43. The van der Waals surface area contributed by atoms with E-state index in [1.54, 1.807) is 6.92 Å². The molecule has 72 valence electrons. The van der Waals surface area contributed by atoms with Crippen LogP contribution in [0.25, 0.3) is 11.4 Å². The van der Waals surface area contributed by atoms with E-state index >= 15 is 0 Å². The van der Waals surface area contributed by atoms with Crippen molar-refractivity contribution in [1.82, 2.24) is 10.1 Å². The topological polar surface area (TPSA) is 38.9 Å². The number of nitrogens with zero attached hydrogens (tertiary/aromatic N) is 2. The van der Waals surface area contributed by atoms with Gasteiger partial charge in [-0.25, -0.2) is 0 Å². The lowest BCUT2D eigenvalue weighted by Crippen LogP contribution is -1.86. The summed E-state index contributed by atoms with van der Waals surface area (Å²) < 4.78 is 4.91. The number of hydrogen-bond donors (Lipinski definition) is 0. The van der Waals surface area contributed by atoms with Gasteiger partial charge in [-0.1, -0.05) is 28.9 Å². The second kappa shape index (κ2) is 3.42. The summed E-state index contributed by atoms with van der Waals surface area (Å²) in [5.74, 6) is 1.14. The van der Waals surface area contributed by atoms with Gasteiger partial charge in [0.25, 0.3) is 0 Å². The van der Waals surface area contributed by atoms with Crippen LogP contribution < -0.4 is 0 Å². The summed E-state index contributed by atoms with van der Waals surface area (Å²) in [5, 5.41) is 4.56. The molecule has 2 aromatic rings. The molecule has 2 rings (SSSR count). The van der Waals surface area contributed by atoms with Crippen molar-refractivity contribution in [3.05, 3.63) is 34.7 Å². The summed E-state index contributed by atoms with van der Waals surface area (Å²) in [6.07, 6.45) is 0. The average molecular weight is 209 g/mol. The molecule has 3 nitrogen and oxygen atoms in total. The zero-order valence-electron chi connectivity index (χ0n) is 7.91. The van der Waals surface area contributed by atoms with Crippen LogP contribution in [0, 0.1) is 13.8 Å². The van der Waals surface area contributed by atoms with Crippen LogP contribution in [0.5, 0.6) is 0 Å². The van der Waals surface area contributed by atoms with Crippen molar-refractivity contribution in [3.8, 4) is 11.4 Å². The molecule has 0 unspecified atom stereocenters. The van der Waals surface area contributed by atoms with Crippen LogP contribution in [0.1, 0.15) is 11.5 Å². The Morgan fingerprint density at radius 3 is 2.71 bits per heavy atom. The van der Waals surface area contributed by atoms with Crippen molar-refractivity contribution in [2.24, 2.45) is 0 Å². The lowest BCUT2D eigenvalue weighted by molar-refractivity contribution is 0.394. The van der Waals surface area contributed by atoms with E-state index in [1.807, 2.05) is 25.1 Å². The van der Waals surface area contributed by atoms with Crippen LogP contribution in [-0.2, 0) is 0 Å². The van der Waals surface area contributed by atoms with E-state index in [0.717, 1.165) is 11.1 Å². The van der Waals surface area contributed by atoms with Crippen molar-refractivity contribution in [2.75, 3.05) is 0 Å². The van der Waals surface area contributed by atoms with Crippen molar-refractivity contribution in [2.45, 2.75) is 13.8 Å². The van der Waals surface area contributed by atoms with Gasteiger partial charge in [0.15, 0.2) is 0 Å². The van der Waals surface area contributed by atoms with Gasteiger partial charge in [-0.2, -0.15) is 4.98 Å². The molecule has 0 saturated heterocycles. The Kier molecular flexibility index (Phi) is 2.25. The molecule has 0 amide bonds. The average Bonchev–Trinajstić information content (AvgIpc) is 2.57. The van der Waals surface area contributed by atoms with Crippen molar-refractivity contribution in [1.29, 1.82) is 0 Å². The summed E-state index contributed by atoms with van der Waals surface area (Å²) in [4.78, 5) is 4.15. The molecule has 0 N–H and O–H groups in total. The lowest BCUT2D eigenvalue weighted by atomic mass is 10.1. The minimum atomic E-state index is 0.555. The molecule has 0 radical (unpaired) electrons. The maximum atomic E-state index is 5.98. The zero-order valence-corrected chi connectivity index (χ0v) is 8.67. The minimum absolute atomic E-state index is 0.555. The molecule has 0 spiro atoms. The van der Waals surface area contributed by atoms with Gasteiger partial charge in [0.1, 0.15) is 0 Å². The Bertz CT molecular complexity index is 465. The van der Waals surface area contributed by atoms with E-state index in [-0.39, 0.29) is 0 Å². The first-order valence-electron chi connectivity index (χ1n) is 4.24. The van der Waals surface area contributed by atoms with E-state index in [9.17, 15) is 0 Å². The molecule has 0 atom stereocenters. The maximum Gasteiger partial charge on any atom is 0.223 e. The number of rotatable bonds is 1. The van der Waals surface area contributed by atoms with E-state index < -0.39 is 0 Å². The van der Waals surface area contributed by atoms with Crippen molar-refractivity contribution in [3.63, 3.8) is 0 Å². The molecule has 0 saturated carbocycles. The molecule has 14 heavy (non-hydrogen) atoms.